The van der Waals surface area contributed by atoms with Gasteiger partial charge in [0, 0.05) is 12.7 Å². The molecule has 1 aromatic rings. The number of carbonyl (C=O) groups is 1. The van der Waals surface area contributed by atoms with Crippen LogP contribution in [0.1, 0.15) is 36.2 Å². The third kappa shape index (κ3) is 1.52. The average Bonchev–Trinajstić information content (AvgIpc) is 2.92. The second-order valence-electron chi connectivity index (χ2n) is 5.14. The molecular formula is C13H17NO. The Morgan fingerprint density at radius 3 is 3.00 bits per heavy atom. The van der Waals surface area contributed by atoms with Gasteiger partial charge >= 0.3 is 0 Å². The summed E-state index contributed by atoms with van der Waals surface area (Å²) >= 11 is 0. The topological polar surface area (TPSA) is 22.0 Å². The Morgan fingerprint density at radius 2 is 2.33 bits per heavy atom. The van der Waals surface area contributed by atoms with E-state index in [1.54, 1.807) is 0 Å². The van der Waals surface area contributed by atoms with Gasteiger partial charge in [0.1, 0.15) is 0 Å². The number of hydrogen-bond acceptors (Lipinski definition) is 1. The van der Waals surface area contributed by atoms with Gasteiger partial charge in [0.25, 0.3) is 0 Å². The lowest BCUT2D eigenvalue weighted by molar-refractivity contribution is 0.111. The number of nitrogens with zero attached hydrogens (tertiary/aromatic N) is 1. The zero-order valence-corrected chi connectivity index (χ0v) is 8.93. The van der Waals surface area contributed by atoms with Gasteiger partial charge in [-0.3, -0.25) is 4.79 Å². The molecule has 2 fully saturated rings. The lowest BCUT2D eigenvalue weighted by atomic mass is 9.89. The van der Waals surface area contributed by atoms with Crippen LogP contribution in [0, 0.1) is 17.8 Å². The van der Waals surface area contributed by atoms with E-state index in [1.807, 2.05) is 18.3 Å². The van der Waals surface area contributed by atoms with E-state index in [1.165, 1.54) is 25.7 Å². The molecule has 2 nitrogen and oxygen atoms in total. The molecule has 2 saturated carbocycles. The van der Waals surface area contributed by atoms with Crippen LogP contribution in [-0.4, -0.2) is 10.9 Å². The third-order valence-corrected chi connectivity index (χ3v) is 4.30. The molecule has 0 N–H and O–H groups in total. The van der Waals surface area contributed by atoms with Crippen LogP contribution in [0.3, 0.4) is 0 Å². The lowest BCUT2D eigenvalue weighted by Gasteiger charge is -2.22. The van der Waals surface area contributed by atoms with Gasteiger partial charge in [0.05, 0.1) is 5.69 Å². The summed E-state index contributed by atoms with van der Waals surface area (Å²) in [7, 11) is 0. The number of fused-ring (bicyclic) bond motifs is 2. The smallest absolute Gasteiger partial charge is 0.166 e. The van der Waals surface area contributed by atoms with Crippen LogP contribution in [-0.2, 0) is 6.54 Å². The first-order valence-corrected chi connectivity index (χ1v) is 5.97. The summed E-state index contributed by atoms with van der Waals surface area (Å²) < 4.78 is 2.12. The Balaban J connectivity index is 1.73. The Bertz CT molecular complexity index is 368. The Hall–Kier alpha value is -1.05. The lowest BCUT2D eigenvalue weighted by Crippen LogP contribution is -2.17. The summed E-state index contributed by atoms with van der Waals surface area (Å²) in [6.45, 7) is 1.06. The van der Waals surface area contributed by atoms with Crippen molar-refractivity contribution in [3.8, 4) is 0 Å². The highest BCUT2D eigenvalue weighted by atomic mass is 16.1. The number of carbonyl (C=O) groups excluding carboxylic acids is 1. The molecule has 15 heavy (non-hydrogen) atoms. The fraction of sp³-hybridized carbons (Fsp3) is 0.615. The zero-order valence-electron chi connectivity index (χ0n) is 8.93. The summed E-state index contributed by atoms with van der Waals surface area (Å²) in [5, 5.41) is 0. The largest absolute Gasteiger partial charge is 0.345 e. The van der Waals surface area contributed by atoms with Crippen molar-refractivity contribution in [1.29, 1.82) is 0 Å². The number of hydrogen-bond donors (Lipinski definition) is 0. The van der Waals surface area contributed by atoms with Gasteiger partial charge in [-0.05, 0) is 49.1 Å². The van der Waals surface area contributed by atoms with E-state index in [-0.39, 0.29) is 0 Å². The Morgan fingerprint density at radius 1 is 1.40 bits per heavy atom. The van der Waals surface area contributed by atoms with Crippen LogP contribution in [0.5, 0.6) is 0 Å². The predicted molar refractivity (Wildman–Crippen MR) is 58.8 cm³/mol. The van der Waals surface area contributed by atoms with Crippen molar-refractivity contribution in [3.05, 3.63) is 24.0 Å². The Kier molecular flexibility index (Phi) is 2.15. The molecule has 2 aliphatic carbocycles. The first-order valence-electron chi connectivity index (χ1n) is 5.97. The quantitative estimate of drug-likeness (QED) is 0.692. The van der Waals surface area contributed by atoms with Crippen molar-refractivity contribution in [2.24, 2.45) is 17.8 Å². The molecule has 2 bridgehead atoms. The van der Waals surface area contributed by atoms with Crippen molar-refractivity contribution in [2.45, 2.75) is 32.2 Å². The molecule has 0 aromatic carbocycles. The van der Waals surface area contributed by atoms with Crippen molar-refractivity contribution >= 4 is 6.29 Å². The van der Waals surface area contributed by atoms with Crippen LogP contribution in [0.2, 0.25) is 0 Å². The van der Waals surface area contributed by atoms with Gasteiger partial charge in [0.15, 0.2) is 6.29 Å². The number of aldehydes is 1. The van der Waals surface area contributed by atoms with E-state index in [0.717, 1.165) is 36.3 Å². The minimum Gasteiger partial charge on any atom is -0.345 e. The highest BCUT2D eigenvalue weighted by molar-refractivity contribution is 5.72. The van der Waals surface area contributed by atoms with Gasteiger partial charge in [-0.15, -0.1) is 0 Å². The van der Waals surface area contributed by atoms with Crippen LogP contribution in [0.25, 0.3) is 0 Å². The minimum absolute atomic E-state index is 0.829. The average molecular weight is 203 g/mol. The fourth-order valence-corrected chi connectivity index (χ4v) is 3.55. The molecule has 3 rings (SSSR count). The summed E-state index contributed by atoms with van der Waals surface area (Å²) in [6, 6.07) is 3.87. The van der Waals surface area contributed by atoms with Gasteiger partial charge in [0.2, 0.25) is 0 Å². The van der Waals surface area contributed by atoms with Crippen LogP contribution in [0.4, 0.5) is 0 Å². The number of aromatic nitrogens is 1. The molecule has 80 valence electrons. The van der Waals surface area contributed by atoms with Crippen molar-refractivity contribution in [3.63, 3.8) is 0 Å². The standard InChI is InChI=1S/C13H17NO/c15-9-13-2-1-5-14(13)8-12-7-10-3-4-11(12)6-10/h1-2,5,9-12H,3-4,6-8H2. The molecular weight excluding hydrogens is 186 g/mol. The zero-order chi connectivity index (χ0) is 10.3. The van der Waals surface area contributed by atoms with Crippen molar-refractivity contribution < 1.29 is 4.79 Å². The highest BCUT2D eigenvalue weighted by Gasteiger charge is 2.39. The Labute approximate surface area is 90.3 Å². The predicted octanol–water partition coefficient (Wildman–Crippen LogP) is 2.74. The van der Waals surface area contributed by atoms with Gasteiger partial charge in [-0.2, -0.15) is 0 Å². The molecule has 0 radical (unpaired) electrons. The van der Waals surface area contributed by atoms with E-state index < -0.39 is 0 Å². The SMILES string of the molecule is O=Cc1cccn1CC1CC2CCC1C2. The van der Waals surface area contributed by atoms with E-state index in [2.05, 4.69) is 4.57 Å². The molecule has 0 saturated heterocycles. The van der Waals surface area contributed by atoms with Gasteiger partial charge in [-0.1, -0.05) is 6.42 Å². The molecule has 2 heteroatoms. The summed E-state index contributed by atoms with van der Waals surface area (Å²) in [4.78, 5) is 10.8. The molecule has 3 atom stereocenters. The first-order chi connectivity index (χ1) is 7.36. The van der Waals surface area contributed by atoms with Gasteiger partial charge < -0.3 is 4.57 Å². The molecule has 2 aliphatic rings. The summed E-state index contributed by atoms with van der Waals surface area (Å²) in [5.41, 5.74) is 0.831. The van der Waals surface area contributed by atoms with Crippen molar-refractivity contribution in [2.75, 3.05) is 0 Å². The second-order valence-corrected chi connectivity index (χ2v) is 5.14. The molecule has 0 amide bonds. The number of rotatable bonds is 3. The van der Waals surface area contributed by atoms with Crippen LogP contribution >= 0.6 is 0 Å². The van der Waals surface area contributed by atoms with Crippen LogP contribution < -0.4 is 0 Å². The van der Waals surface area contributed by atoms with E-state index in [0.29, 0.717) is 0 Å². The minimum atomic E-state index is 0.829. The van der Waals surface area contributed by atoms with Gasteiger partial charge in [-0.25, -0.2) is 0 Å². The molecule has 3 unspecified atom stereocenters. The maximum Gasteiger partial charge on any atom is 0.166 e. The third-order valence-electron chi connectivity index (χ3n) is 4.30. The molecule has 0 aliphatic heterocycles. The molecule has 0 spiro atoms. The van der Waals surface area contributed by atoms with E-state index >= 15 is 0 Å². The van der Waals surface area contributed by atoms with E-state index in [9.17, 15) is 4.79 Å². The monoisotopic (exact) mass is 203 g/mol. The molecule has 1 heterocycles. The van der Waals surface area contributed by atoms with Crippen LogP contribution in [0.15, 0.2) is 18.3 Å². The maximum absolute atomic E-state index is 10.8. The highest BCUT2D eigenvalue weighted by Crippen LogP contribution is 2.48. The fourth-order valence-electron chi connectivity index (χ4n) is 3.55. The molecule has 1 aromatic heterocycles. The van der Waals surface area contributed by atoms with E-state index in [4.69, 9.17) is 0 Å². The normalized spacial score (nSPS) is 33.5. The first kappa shape index (κ1) is 9.20. The second kappa shape index (κ2) is 3.51. The maximum atomic E-state index is 10.8. The summed E-state index contributed by atoms with van der Waals surface area (Å²) in [5.74, 6) is 2.77. The van der Waals surface area contributed by atoms with Crippen molar-refractivity contribution in [1.82, 2.24) is 4.57 Å². The summed E-state index contributed by atoms with van der Waals surface area (Å²) in [6.07, 6.45) is 8.72.